The average Bonchev–Trinajstić information content (AvgIpc) is 2.58. The predicted octanol–water partition coefficient (Wildman–Crippen LogP) is 3.12. The normalized spacial score (nSPS) is 13.8. The highest BCUT2D eigenvalue weighted by atomic mass is 19.4. The van der Waals surface area contributed by atoms with Crippen LogP contribution in [0.25, 0.3) is 0 Å². The zero-order chi connectivity index (χ0) is 18.5. The van der Waals surface area contributed by atoms with Crippen molar-refractivity contribution in [3.63, 3.8) is 0 Å². The topological polar surface area (TPSA) is 64.4 Å². The van der Waals surface area contributed by atoms with Gasteiger partial charge < -0.3 is 15.8 Å². The van der Waals surface area contributed by atoms with Gasteiger partial charge in [0.25, 0.3) is 0 Å². The summed E-state index contributed by atoms with van der Waals surface area (Å²) >= 11 is 0. The first-order valence-electron chi connectivity index (χ1n) is 7.60. The lowest BCUT2D eigenvalue weighted by Crippen LogP contribution is -2.48. The number of benzene rings is 2. The molecule has 1 atom stereocenters. The summed E-state index contributed by atoms with van der Waals surface area (Å²) in [5.41, 5.74) is 6.33. The molecule has 0 saturated carbocycles. The molecule has 0 spiro atoms. The molecule has 7 heteroatoms. The molecule has 25 heavy (non-hydrogen) atoms. The number of hydrogen-bond donors (Lipinski definition) is 2. The van der Waals surface area contributed by atoms with Crippen molar-refractivity contribution in [1.29, 1.82) is 0 Å². The smallest absolute Gasteiger partial charge is 0.422 e. The highest BCUT2D eigenvalue weighted by molar-refractivity contribution is 5.86. The van der Waals surface area contributed by atoms with Crippen molar-refractivity contribution < 1.29 is 22.7 Å². The molecule has 0 fully saturated rings. The molecule has 4 nitrogen and oxygen atoms in total. The third kappa shape index (κ3) is 5.49. The van der Waals surface area contributed by atoms with Gasteiger partial charge in [-0.25, -0.2) is 0 Å². The fourth-order valence-electron chi connectivity index (χ4n) is 2.15. The zero-order valence-electron chi connectivity index (χ0n) is 13.6. The highest BCUT2D eigenvalue weighted by Gasteiger charge is 2.30. The maximum atomic E-state index is 12.3. The van der Waals surface area contributed by atoms with Crippen LogP contribution >= 0.6 is 0 Å². The van der Waals surface area contributed by atoms with Crippen molar-refractivity contribution in [3.8, 4) is 5.75 Å². The second-order valence-corrected chi connectivity index (χ2v) is 5.80. The second-order valence-electron chi connectivity index (χ2n) is 5.80. The number of ether oxygens (including phenoxy) is 1. The van der Waals surface area contributed by atoms with Crippen LogP contribution in [-0.2, 0) is 16.9 Å². The summed E-state index contributed by atoms with van der Waals surface area (Å²) in [6.45, 7) is 0.482. The first-order chi connectivity index (χ1) is 11.7. The Morgan fingerprint density at radius 2 is 1.68 bits per heavy atom. The van der Waals surface area contributed by atoms with E-state index in [1.165, 1.54) is 12.1 Å². The number of carbonyl (C=O) groups excluding carboxylic acids is 1. The summed E-state index contributed by atoms with van der Waals surface area (Å²) < 4.78 is 40.9. The minimum atomic E-state index is -4.38. The summed E-state index contributed by atoms with van der Waals surface area (Å²) in [7, 11) is 0. The van der Waals surface area contributed by atoms with Gasteiger partial charge in [-0.2, -0.15) is 13.2 Å². The van der Waals surface area contributed by atoms with E-state index < -0.39 is 18.3 Å². The van der Waals surface area contributed by atoms with E-state index in [4.69, 9.17) is 5.73 Å². The highest BCUT2D eigenvalue weighted by Crippen LogP contribution is 2.20. The van der Waals surface area contributed by atoms with Crippen LogP contribution < -0.4 is 15.8 Å². The summed E-state index contributed by atoms with van der Waals surface area (Å²) in [5, 5.41) is 2.73. The molecule has 0 aliphatic heterocycles. The van der Waals surface area contributed by atoms with Crippen LogP contribution in [0.5, 0.6) is 5.75 Å². The van der Waals surface area contributed by atoms with Gasteiger partial charge in [0.15, 0.2) is 6.61 Å². The molecule has 1 unspecified atom stereocenters. The minimum absolute atomic E-state index is 0.111. The quantitative estimate of drug-likeness (QED) is 0.840. The molecule has 0 aromatic heterocycles. The number of carbonyl (C=O) groups is 1. The summed E-state index contributed by atoms with van der Waals surface area (Å²) in [6, 6.07) is 15.0. The van der Waals surface area contributed by atoms with E-state index in [0.717, 1.165) is 5.56 Å². The fraction of sp³-hybridized carbons (Fsp3) is 0.278. The van der Waals surface area contributed by atoms with Gasteiger partial charge in [-0.1, -0.05) is 42.5 Å². The van der Waals surface area contributed by atoms with Crippen LogP contribution in [-0.4, -0.2) is 18.7 Å². The van der Waals surface area contributed by atoms with Crippen LogP contribution in [0.1, 0.15) is 18.1 Å². The van der Waals surface area contributed by atoms with Gasteiger partial charge in [-0.15, -0.1) is 0 Å². The molecular weight excluding hydrogens is 333 g/mol. The third-order valence-electron chi connectivity index (χ3n) is 3.62. The van der Waals surface area contributed by atoms with Gasteiger partial charge in [-0.05, 0) is 30.2 Å². The Bertz CT molecular complexity index is 699. The maximum absolute atomic E-state index is 12.3. The standard InChI is InChI=1S/C18H19F3N2O2/c1-17(22,14-5-3-2-4-6-14)16(24)23-11-13-7-9-15(10-8-13)25-12-18(19,20)21/h2-10H,11-12,22H2,1H3,(H,23,24). The van der Waals surface area contributed by atoms with Crippen molar-refractivity contribution in [3.05, 3.63) is 65.7 Å². The monoisotopic (exact) mass is 352 g/mol. The van der Waals surface area contributed by atoms with E-state index in [1.807, 2.05) is 6.07 Å². The van der Waals surface area contributed by atoms with Crippen LogP contribution in [0.3, 0.4) is 0 Å². The van der Waals surface area contributed by atoms with Crippen molar-refractivity contribution in [2.45, 2.75) is 25.2 Å². The van der Waals surface area contributed by atoms with E-state index in [2.05, 4.69) is 10.1 Å². The summed E-state index contributed by atoms with van der Waals surface area (Å²) in [4.78, 5) is 12.3. The molecule has 3 N–H and O–H groups in total. The lowest BCUT2D eigenvalue weighted by Gasteiger charge is -2.24. The SMILES string of the molecule is CC(N)(C(=O)NCc1ccc(OCC(F)(F)F)cc1)c1ccccc1. The molecule has 2 aromatic carbocycles. The number of hydrogen-bond acceptors (Lipinski definition) is 3. The van der Waals surface area contributed by atoms with Gasteiger partial charge >= 0.3 is 6.18 Å². The lowest BCUT2D eigenvalue weighted by atomic mass is 9.92. The molecule has 0 radical (unpaired) electrons. The zero-order valence-corrected chi connectivity index (χ0v) is 13.6. The van der Waals surface area contributed by atoms with Crippen LogP contribution in [0.2, 0.25) is 0 Å². The summed E-state index contributed by atoms with van der Waals surface area (Å²) in [5.74, 6) is -0.239. The van der Waals surface area contributed by atoms with E-state index in [-0.39, 0.29) is 18.2 Å². The van der Waals surface area contributed by atoms with Crippen LogP contribution in [0.4, 0.5) is 13.2 Å². The van der Waals surface area contributed by atoms with Crippen molar-refractivity contribution in [2.75, 3.05) is 6.61 Å². The van der Waals surface area contributed by atoms with E-state index in [9.17, 15) is 18.0 Å². The first kappa shape index (κ1) is 18.8. The molecule has 2 rings (SSSR count). The molecule has 0 heterocycles. The molecule has 0 aliphatic carbocycles. The molecule has 134 valence electrons. The number of nitrogens with one attached hydrogen (secondary N) is 1. The maximum Gasteiger partial charge on any atom is 0.422 e. The largest absolute Gasteiger partial charge is 0.484 e. The van der Waals surface area contributed by atoms with Gasteiger partial charge in [0.1, 0.15) is 11.3 Å². The van der Waals surface area contributed by atoms with E-state index in [1.54, 1.807) is 43.3 Å². The second kappa shape index (κ2) is 7.57. The number of alkyl halides is 3. The predicted molar refractivity (Wildman–Crippen MR) is 87.8 cm³/mol. The van der Waals surface area contributed by atoms with Crippen LogP contribution in [0, 0.1) is 0 Å². The summed E-state index contributed by atoms with van der Waals surface area (Å²) in [6.07, 6.45) is -4.38. The fourth-order valence-corrected chi connectivity index (χ4v) is 2.15. The van der Waals surface area contributed by atoms with Gasteiger partial charge in [0.05, 0.1) is 0 Å². The average molecular weight is 352 g/mol. The molecule has 0 bridgehead atoms. The van der Waals surface area contributed by atoms with Crippen LogP contribution in [0.15, 0.2) is 54.6 Å². The Labute approximate surface area is 143 Å². The number of amides is 1. The Balaban J connectivity index is 1.91. The van der Waals surface area contributed by atoms with Gasteiger partial charge in [0.2, 0.25) is 5.91 Å². The van der Waals surface area contributed by atoms with Gasteiger partial charge in [0, 0.05) is 6.54 Å². The number of halogens is 3. The van der Waals surface area contributed by atoms with E-state index in [0.29, 0.717) is 5.56 Å². The molecule has 0 aliphatic rings. The van der Waals surface area contributed by atoms with Crippen molar-refractivity contribution in [1.82, 2.24) is 5.32 Å². The molecule has 0 saturated heterocycles. The Hall–Kier alpha value is -2.54. The van der Waals surface area contributed by atoms with Crippen molar-refractivity contribution in [2.24, 2.45) is 5.73 Å². The Kier molecular flexibility index (Phi) is 5.69. The lowest BCUT2D eigenvalue weighted by molar-refractivity contribution is -0.153. The number of rotatable bonds is 6. The van der Waals surface area contributed by atoms with Gasteiger partial charge in [-0.3, -0.25) is 4.79 Å². The minimum Gasteiger partial charge on any atom is -0.484 e. The third-order valence-corrected chi connectivity index (χ3v) is 3.62. The first-order valence-corrected chi connectivity index (χ1v) is 7.60. The van der Waals surface area contributed by atoms with Crippen molar-refractivity contribution >= 4 is 5.91 Å². The number of nitrogens with two attached hydrogens (primary N) is 1. The van der Waals surface area contributed by atoms with E-state index >= 15 is 0 Å². The Morgan fingerprint density at radius 1 is 1.08 bits per heavy atom. The molecular formula is C18H19F3N2O2. The Morgan fingerprint density at radius 3 is 2.24 bits per heavy atom. The molecule has 2 aromatic rings. The molecule has 1 amide bonds.